The zero-order valence-electron chi connectivity index (χ0n) is 12.6. The smallest absolute Gasteiger partial charge is 0.319 e. The first-order valence-electron chi connectivity index (χ1n) is 6.58. The Kier molecular flexibility index (Phi) is 4.21. The van der Waals surface area contributed by atoms with Crippen molar-refractivity contribution in [3.8, 4) is 11.5 Å². The number of nitrogens with one attached hydrogen (secondary N) is 2. The van der Waals surface area contributed by atoms with Crippen molar-refractivity contribution in [2.24, 2.45) is 0 Å². The molecule has 1 aliphatic heterocycles. The molecular weight excluding hydrogens is 306 g/mol. The van der Waals surface area contributed by atoms with E-state index in [1.807, 2.05) is 0 Å². The standard InChI is InChI=1S/C14H15N3O6/c1-6-11(7(2)18)12(16-14(20)15-6)8-4-9(17(21)22)13(19)10(5-8)23-3/h4-5,12,19H,1-3H3,(H2,15,16,20)/p-1/t12-/m1/s1. The minimum atomic E-state index is -0.908. The summed E-state index contributed by atoms with van der Waals surface area (Å²) in [5.74, 6) is -1.41. The van der Waals surface area contributed by atoms with Gasteiger partial charge in [0.2, 0.25) is 0 Å². The summed E-state index contributed by atoms with van der Waals surface area (Å²) in [6, 6.07) is 0.860. The van der Waals surface area contributed by atoms with E-state index in [0.717, 1.165) is 6.07 Å². The normalized spacial score (nSPS) is 17.3. The zero-order valence-corrected chi connectivity index (χ0v) is 12.6. The van der Waals surface area contributed by atoms with Gasteiger partial charge in [0.15, 0.2) is 5.78 Å². The summed E-state index contributed by atoms with van der Waals surface area (Å²) in [5.41, 5.74) is 0.124. The molecule has 2 amide bonds. The topological polar surface area (TPSA) is 134 Å². The molecule has 0 radical (unpaired) electrons. The monoisotopic (exact) mass is 320 g/mol. The second kappa shape index (κ2) is 5.95. The number of ether oxygens (including phenoxy) is 1. The third-order valence-corrected chi connectivity index (χ3v) is 3.46. The van der Waals surface area contributed by atoms with Crippen LogP contribution in [0.5, 0.6) is 11.5 Å². The third-order valence-electron chi connectivity index (χ3n) is 3.46. The van der Waals surface area contributed by atoms with Gasteiger partial charge in [-0.1, -0.05) is 0 Å². The van der Waals surface area contributed by atoms with Crippen molar-refractivity contribution >= 4 is 17.5 Å². The Morgan fingerprint density at radius 3 is 2.57 bits per heavy atom. The highest BCUT2D eigenvalue weighted by Crippen LogP contribution is 2.38. The fourth-order valence-electron chi connectivity index (χ4n) is 2.47. The predicted molar refractivity (Wildman–Crippen MR) is 76.9 cm³/mol. The molecule has 0 aliphatic carbocycles. The first kappa shape index (κ1) is 16.3. The number of methoxy groups -OCH3 is 1. The van der Waals surface area contributed by atoms with E-state index >= 15 is 0 Å². The van der Waals surface area contributed by atoms with Crippen molar-refractivity contribution in [3.05, 3.63) is 39.1 Å². The van der Waals surface area contributed by atoms with Crippen molar-refractivity contribution in [3.63, 3.8) is 0 Å². The van der Waals surface area contributed by atoms with Crippen LogP contribution in [0.4, 0.5) is 10.5 Å². The number of Topliss-reactive ketones (excluding diaryl/α,β-unsaturated/α-hetero) is 1. The van der Waals surface area contributed by atoms with Crippen molar-refractivity contribution in [2.75, 3.05) is 7.11 Å². The molecule has 1 atom stereocenters. The molecule has 0 saturated carbocycles. The number of rotatable bonds is 4. The maximum absolute atomic E-state index is 11.9. The van der Waals surface area contributed by atoms with Gasteiger partial charge < -0.3 is 20.5 Å². The molecule has 122 valence electrons. The Bertz CT molecular complexity index is 740. The molecule has 0 aromatic heterocycles. The highest BCUT2D eigenvalue weighted by atomic mass is 16.6. The number of carbonyl (C=O) groups is 2. The van der Waals surface area contributed by atoms with Crippen molar-refractivity contribution in [2.45, 2.75) is 19.9 Å². The second-order valence-electron chi connectivity index (χ2n) is 4.95. The van der Waals surface area contributed by atoms with E-state index in [4.69, 9.17) is 4.74 Å². The van der Waals surface area contributed by atoms with Crippen LogP contribution < -0.4 is 20.5 Å². The number of urea groups is 1. The highest BCUT2D eigenvalue weighted by molar-refractivity contribution is 5.98. The van der Waals surface area contributed by atoms with Crippen LogP contribution in [0.3, 0.4) is 0 Å². The van der Waals surface area contributed by atoms with Crippen LogP contribution in [0.25, 0.3) is 0 Å². The van der Waals surface area contributed by atoms with E-state index in [9.17, 15) is 24.8 Å². The van der Waals surface area contributed by atoms with E-state index in [1.165, 1.54) is 20.1 Å². The lowest BCUT2D eigenvalue weighted by Gasteiger charge is -2.28. The van der Waals surface area contributed by atoms with Gasteiger partial charge in [-0.25, -0.2) is 4.79 Å². The van der Waals surface area contributed by atoms with Gasteiger partial charge in [-0.15, -0.1) is 0 Å². The first-order chi connectivity index (χ1) is 10.8. The Balaban J connectivity index is 2.66. The number of nitro benzene ring substituents is 1. The van der Waals surface area contributed by atoms with E-state index in [0.29, 0.717) is 5.70 Å². The Hall–Kier alpha value is -3.10. The lowest BCUT2D eigenvalue weighted by Crippen LogP contribution is -2.44. The van der Waals surface area contributed by atoms with E-state index in [2.05, 4.69) is 10.6 Å². The maximum Gasteiger partial charge on any atom is 0.319 e. The number of nitro groups is 1. The molecule has 1 heterocycles. The van der Waals surface area contributed by atoms with Crippen LogP contribution in [0.1, 0.15) is 25.5 Å². The molecule has 0 spiro atoms. The number of hydrogen-bond donors (Lipinski definition) is 2. The molecule has 9 heteroatoms. The number of ketones is 1. The maximum atomic E-state index is 11.9. The zero-order chi connectivity index (χ0) is 17.3. The van der Waals surface area contributed by atoms with Crippen molar-refractivity contribution < 1.29 is 24.4 Å². The van der Waals surface area contributed by atoms with E-state index in [-0.39, 0.29) is 22.7 Å². The Morgan fingerprint density at radius 2 is 2.04 bits per heavy atom. The summed E-state index contributed by atoms with van der Waals surface area (Å²) >= 11 is 0. The lowest BCUT2D eigenvalue weighted by atomic mass is 9.92. The van der Waals surface area contributed by atoms with Gasteiger partial charge in [0.05, 0.1) is 18.1 Å². The molecule has 2 N–H and O–H groups in total. The van der Waals surface area contributed by atoms with Gasteiger partial charge in [-0.3, -0.25) is 14.9 Å². The second-order valence-corrected chi connectivity index (χ2v) is 4.95. The summed E-state index contributed by atoms with van der Waals surface area (Å²) in [4.78, 5) is 33.7. The Morgan fingerprint density at radius 1 is 1.39 bits per heavy atom. The molecule has 1 aliphatic rings. The van der Waals surface area contributed by atoms with Gasteiger partial charge in [-0.05, 0) is 25.5 Å². The number of allylic oxidation sites excluding steroid dienone is 1. The third kappa shape index (κ3) is 2.93. The summed E-state index contributed by atoms with van der Waals surface area (Å²) in [6.07, 6.45) is 0. The fourth-order valence-corrected chi connectivity index (χ4v) is 2.47. The van der Waals surface area contributed by atoms with Gasteiger partial charge in [0.25, 0.3) is 5.69 Å². The number of benzene rings is 1. The van der Waals surface area contributed by atoms with Crippen LogP contribution in [-0.4, -0.2) is 23.8 Å². The van der Waals surface area contributed by atoms with Crippen LogP contribution in [-0.2, 0) is 4.79 Å². The molecular formula is C14H14N3O6-. The van der Waals surface area contributed by atoms with Crippen molar-refractivity contribution in [1.29, 1.82) is 0 Å². The molecule has 1 aromatic rings. The molecule has 0 fully saturated rings. The highest BCUT2D eigenvalue weighted by Gasteiger charge is 2.31. The molecule has 0 unspecified atom stereocenters. The average Bonchev–Trinajstić information content (AvgIpc) is 2.45. The van der Waals surface area contributed by atoms with E-state index < -0.39 is 28.4 Å². The summed E-state index contributed by atoms with van der Waals surface area (Å²) in [7, 11) is 1.21. The number of carbonyl (C=O) groups excluding carboxylic acids is 2. The van der Waals surface area contributed by atoms with Crippen molar-refractivity contribution in [1.82, 2.24) is 10.6 Å². The fraction of sp³-hybridized carbons (Fsp3) is 0.286. The first-order valence-corrected chi connectivity index (χ1v) is 6.58. The molecule has 2 rings (SSSR count). The molecule has 0 bridgehead atoms. The number of nitrogens with zero attached hydrogens (tertiary/aromatic N) is 1. The molecule has 9 nitrogen and oxygen atoms in total. The summed E-state index contributed by atoms with van der Waals surface area (Å²) in [6.45, 7) is 2.87. The van der Waals surface area contributed by atoms with Crippen LogP contribution in [0.2, 0.25) is 0 Å². The quantitative estimate of drug-likeness (QED) is 0.625. The van der Waals surface area contributed by atoms with Crippen LogP contribution >= 0.6 is 0 Å². The van der Waals surface area contributed by atoms with Gasteiger partial charge in [-0.2, -0.15) is 0 Å². The van der Waals surface area contributed by atoms with Gasteiger partial charge >= 0.3 is 6.03 Å². The van der Waals surface area contributed by atoms with Gasteiger partial charge in [0, 0.05) is 23.1 Å². The number of amides is 2. The van der Waals surface area contributed by atoms with E-state index in [1.54, 1.807) is 6.92 Å². The SMILES string of the molecule is COc1cc([C@H]2NC(=O)NC(C)=C2C(C)=O)cc([N+](=O)[O-])c1[O-]. The average molecular weight is 320 g/mol. The predicted octanol–water partition coefficient (Wildman–Crippen LogP) is 0.894. The number of hydrogen-bond acceptors (Lipinski definition) is 6. The summed E-state index contributed by atoms with van der Waals surface area (Å²) in [5, 5.41) is 27.9. The molecule has 0 saturated heterocycles. The van der Waals surface area contributed by atoms with Crippen LogP contribution in [0.15, 0.2) is 23.4 Å². The largest absolute Gasteiger partial charge is 0.865 e. The summed E-state index contributed by atoms with van der Waals surface area (Å²) < 4.78 is 4.87. The minimum Gasteiger partial charge on any atom is -0.865 e. The minimum absolute atomic E-state index is 0.215. The Labute approximate surface area is 131 Å². The van der Waals surface area contributed by atoms with Gasteiger partial charge in [0.1, 0.15) is 5.75 Å². The molecule has 23 heavy (non-hydrogen) atoms. The van der Waals surface area contributed by atoms with Crippen LogP contribution in [0, 0.1) is 10.1 Å². The molecule has 1 aromatic carbocycles. The lowest BCUT2D eigenvalue weighted by molar-refractivity contribution is -0.398.